The predicted octanol–water partition coefficient (Wildman–Crippen LogP) is 2.30. The van der Waals surface area contributed by atoms with Crippen molar-refractivity contribution >= 4 is 0 Å². The van der Waals surface area contributed by atoms with E-state index in [1.165, 1.54) is 43.6 Å². The fourth-order valence-corrected chi connectivity index (χ4v) is 3.97. The zero-order valence-corrected chi connectivity index (χ0v) is 14.9. The Labute approximate surface area is 140 Å². The summed E-state index contributed by atoms with van der Waals surface area (Å²) < 4.78 is 5.64. The van der Waals surface area contributed by atoms with Crippen molar-refractivity contribution in [2.45, 2.75) is 58.0 Å². The van der Waals surface area contributed by atoms with Gasteiger partial charge in [0.05, 0.1) is 12.8 Å². The third-order valence-corrected chi connectivity index (χ3v) is 5.26. The summed E-state index contributed by atoms with van der Waals surface area (Å²) in [7, 11) is 0. The van der Waals surface area contributed by atoms with Gasteiger partial charge < -0.3 is 10.1 Å². The Kier molecular flexibility index (Phi) is 5.39. The minimum Gasteiger partial charge on any atom is -0.381 e. The number of rotatable bonds is 6. The maximum Gasteiger partial charge on any atom is 0.0535 e. The minimum atomic E-state index is 0.112. The van der Waals surface area contributed by atoms with Crippen LogP contribution in [0.3, 0.4) is 0 Å². The first-order valence-corrected chi connectivity index (χ1v) is 9.11. The Morgan fingerprint density at radius 2 is 2.17 bits per heavy atom. The van der Waals surface area contributed by atoms with Crippen molar-refractivity contribution < 1.29 is 4.74 Å². The third-order valence-electron chi connectivity index (χ3n) is 5.26. The van der Waals surface area contributed by atoms with Gasteiger partial charge in [0.1, 0.15) is 0 Å². The van der Waals surface area contributed by atoms with Gasteiger partial charge in [-0.2, -0.15) is 5.10 Å². The summed E-state index contributed by atoms with van der Waals surface area (Å²) in [4.78, 5) is 2.67. The van der Waals surface area contributed by atoms with Gasteiger partial charge in [0.25, 0.3) is 0 Å². The van der Waals surface area contributed by atoms with Gasteiger partial charge in [-0.3, -0.25) is 10.00 Å². The van der Waals surface area contributed by atoms with Crippen LogP contribution in [0.15, 0.2) is 6.20 Å². The summed E-state index contributed by atoms with van der Waals surface area (Å²) in [5.41, 5.74) is 2.65. The molecule has 0 bridgehead atoms. The highest BCUT2D eigenvalue weighted by Gasteiger charge is 2.31. The molecule has 130 valence electrons. The van der Waals surface area contributed by atoms with Gasteiger partial charge in [-0.25, -0.2) is 0 Å². The van der Waals surface area contributed by atoms with Gasteiger partial charge in [0.2, 0.25) is 0 Å². The normalized spacial score (nSPS) is 24.4. The van der Waals surface area contributed by atoms with Crippen molar-refractivity contribution in [3.8, 4) is 0 Å². The van der Waals surface area contributed by atoms with E-state index in [0.717, 1.165) is 26.3 Å². The van der Waals surface area contributed by atoms with Gasteiger partial charge in [0, 0.05) is 48.3 Å². The van der Waals surface area contributed by atoms with Crippen LogP contribution in [0.1, 0.15) is 51.3 Å². The van der Waals surface area contributed by atoms with Crippen LogP contribution < -0.4 is 5.32 Å². The van der Waals surface area contributed by atoms with Crippen LogP contribution in [-0.2, 0) is 16.7 Å². The number of nitrogens with zero attached hydrogens (tertiary/aromatic N) is 2. The number of aromatic amines is 1. The summed E-state index contributed by atoms with van der Waals surface area (Å²) in [5.74, 6) is 0.687. The van der Waals surface area contributed by atoms with Crippen molar-refractivity contribution in [3.05, 3.63) is 17.5 Å². The van der Waals surface area contributed by atoms with E-state index >= 15 is 0 Å². The van der Waals surface area contributed by atoms with E-state index in [0.29, 0.717) is 12.0 Å². The van der Waals surface area contributed by atoms with E-state index < -0.39 is 0 Å². The number of hydrogen-bond donors (Lipinski definition) is 2. The Morgan fingerprint density at radius 3 is 2.83 bits per heavy atom. The van der Waals surface area contributed by atoms with E-state index in [9.17, 15) is 0 Å². The number of hydrogen-bond acceptors (Lipinski definition) is 4. The van der Waals surface area contributed by atoms with E-state index in [1.807, 2.05) is 6.20 Å². The van der Waals surface area contributed by atoms with Gasteiger partial charge >= 0.3 is 0 Å². The second-order valence-electron chi connectivity index (χ2n) is 8.09. The van der Waals surface area contributed by atoms with E-state index in [-0.39, 0.29) is 5.41 Å². The van der Waals surface area contributed by atoms with Crippen molar-refractivity contribution in [1.29, 1.82) is 0 Å². The molecular formula is C18H32N4O. The highest BCUT2D eigenvalue weighted by molar-refractivity contribution is 5.23. The molecule has 3 rings (SSSR count). The van der Waals surface area contributed by atoms with Crippen LogP contribution >= 0.6 is 0 Å². The van der Waals surface area contributed by atoms with E-state index in [4.69, 9.17) is 4.74 Å². The van der Waals surface area contributed by atoms with Gasteiger partial charge in [-0.05, 0) is 32.4 Å². The van der Waals surface area contributed by atoms with Gasteiger partial charge in [-0.1, -0.05) is 20.8 Å². The second-order valence-corrected chi connectivity index (χ2v) is 8.09. The lowest BCUT2D eigenvalue weighted by molar-refractivity contribution is 0.134. The van der Waals surface area contributed by atoms with Crippen LogP contribution in [0.25, 0.3) is 0 Å². The molecule has 0 aromatic carbocycles. The van der Waals surface area contributed by atoms with Crippen LogP contribution in [0.2, 0.25) is 0 Å². The van der Waals surface area contributed by atoms with E-state index in [1.54, 1.807) is 0 Å². The number of H-pyrrole nitrogens is 1. The number of aromatic nitrogens is 2. The molecule has 0 aliphatic carbocycles. The molecule has 2 fully saturated rings. The molecule has 0 saturated carbocycles. The first-order valence-electron chi connectivity index (χ1n) is 9.11. The Bertz CT molecular complexity index is 465. The standard InChI is InChI=1S/C18H32N4O/c1-18(2,3)17-15(11-20-21-17)10-19-12-16(14-6-9-23-13-14)22-7-4-5-8-22/h11,14,16,19H,4-10,12-13H2,1-3H3,(H,20,21)/t14-,16+/m1/s1. The summed E-state index contributed by atoms with van der Waals surface area (Å²) in [6.07, 6.45) is 5.87. The highest BCUT2D eigenvalue weighted by Crippen LogP contribution is 2.25. The average Bonchev–Trinajstić information content (AvgIpc) is 3.22. The fourth-order valence-electron chi connectivity index (χ4n) is 3.97. The number of nitrogens with one attached hydrogen (secondary N) is 2. The molecule has 23 heavy (non-hydrogen) atoms. The topological polar surface area (TPSA) is 53.2 Å². The quantitative estimate of drug-likeness (QED) is 0.844. The SMILES string of the molecule is CC(C)(C)c1[nH]ncc1CNC[C@@H]([C@@H]1CCOC1)N1CCCC1. The minimum absolute atomic E-state index is 0.112. The molecule has 1 aromatic rings. The van der Waals surface area contributed by atoms with Crippen molar-refractivity contribution in [1.82, 2.24) is 20.4 Å². The lowest BCUT2D eigenvalue weighted by atomic mass is 9.89. The average molecular weight is 320 g/mol. The molecule has 2 saturated heterocycles. The predicted molar refractivity (Wildman–Crippen MR) is 92.5 cm³/mol. The number of ether oxygens (including phenoxy) is 1. The first-order chi connectivity index (χ1) is 11.1. The molecule has 5 nitrogen and oxygen atoms in total. The summed E-state index contributed by atoms with van der Waals surface area (Å²) >= 11 is 0. The highest BCUT2D eigenvalue weighted by atomic mass is 16.5. The van der Waals surface area contributed by atoms with Crippen molar-refractivity contribution in [2.24, 2.45) is 5.92 Å². The second kappa shape index (κ2) is 7.32. The molecule has 0 spiro atoms. The van der Waals surface area contributed by atoms with Crippen LogP contribution in [0.5, 0.6) is 0 Å². The Morgan fingerprint density at radius 1 is 1.39 bits per heavy atom. The molecule has 2 atom stereocenters. The molecule has 5 heteroatoms. The molecule has 0 radical (unpaired) electrons. The van der Waals surface area contributed by atoms with Crippen LogP contribution in [0, 0.1) is 5.92 Å². The number of likely N-dealkylation sites (tertiary alicyclic amines) is 1. The summed E-state index contributed by atoms with van der Waals surface area (Å²) in [6.45, 7) is 13.0. The molecule has 2 aliphatic heterocycles. The first kappa shape index (κ1) is 16.9. The maximum absolute atomic E-state index is 5.64. The molecule has 0 amide bonds. The summed E-state index contributed by atoms with van der Waals surface area (Å²) in [5, 5.41) is 11.1. The Hall–Kier alpha value is -0.910. The largest absolute Gasteiger partial charge is 0.381 e. The lowest BCUT2D eigenvalue weighted by Gasteiger charge is -2.32. The molecule has 0 unspecified atom stereocenters. The Balaban J connectivity index is 1.57. The van der Waals surface area contributed by atoms with E-state index in [2.05, 4.69) is 41.2 Å². The fraction of sp³-hybridized carbons (Fsp3) is 0.833. The molecule has 2 aliphatic rings. The van der Waals surface area contributed by atoms with Gasteiger partial charge in [0.15, 0.2) is 0 Å². The zero-order chi connectivity index (χ0) is 16.3. The molecular weight excluding hydrogens is 288 g/mol. The third kappa shape index (κ3) is 4.14. The van der Waals surface area contributed by atoms with Crippen LogP contribution in [0.4, 0.5) is 0 Å². The molecule has 3 heterocycles. The van der Waals surface area contributed by atoms with Gasteiger partial charge in [-0.15, -0.1) is 0 Å². The molecule has 1 aromatic heterocycles. The zero-order valence-electron chi connectivity index (χ0n) is 14.9. The molecule has 2 N–H and O–H groups in total. The summed E-state index contributed by atoms with van der Waals surface area (Å²) in [6, 6.07) is 0.616. The van der Waals surface area contributed by atoms with Crippen molar-refractivity contribution in [3.63, 3.8) is 0 Å². The lowest BCUT2D eigenvalue weighted by Crippen LogP contribution is -2.46. The monoisotopic (exact) mass is 320 g/mol. The smallest absolute Gasteiger partial charge is 0.0535 e. The maximum atomic E-state index is 5.64. The van der Waals surface area contributed by atoms with Crippen molar-refractivity contribution in [2.75, 3.05) is 32.8 Å². The van der Waals surface area contributed by atoms with Crippen LogP contribution in [-0.4, -0.2) is 54.0 Å².